The fraction of sp³-hybridized carbons (Fsp3) is 0.321. The largest absolute Gasteiger partial charge is 0.507 e. The third-order valence-corrected chi connectivity index (χ3v) is 5.80. The molecule has 0 bridgehead atoms. The van der Waals surface area contributed by atoms with Crippen molar-refractivity contribution in [1.29, 1.82) is 0 Å². The van der Waals surface area contributed by atoms with Gasteiger partial charge in [-0.2, -0.15) is 0 Å². The summed E-state index contributed by atoms with van der Waals surface area (Å²) in [6.45, 7) is 12.7. The highest BCUT2D eigenvalue weighted by Gasteiger charge is 2.36. The van der Waals surface area contributed by atoms with Crippen LogP contribution in [0.1, 0.15) is 70.0 Å². The lowest BCUT2D eigenvalue weighted by molar-refractivity contribution is 0.0868. The molecule has 0 saturated heterocycles. The second kappa shape index (κ2) is 8.01. The van der Waals surface area contributed by atoms with Crippen molar-refractivity contribution < 1.29 is 9.94 Å². The summed E-state index contributed by atoms with van der Waals surface area (Å²) in [6, 6.07) is 24.4. The van der Waals surface area contributed by atoms with Crippen molar-refractivity contribution in [2.45, 2.75) is 58.6 Å². The van der Waals surface area contributed by atoms with Gasteiger partial charge in [0.25, 0.3) is 0 Å². The Morgan fingerprint density at radius 2 is 1.28 bits per heavy atom. The fourth-order valence-electron chi connectivity index (χ4n) is 4.07. The quantitative estimate of drug-likeness (QED) is 0.494. The number of aromatic hydroxyl groups is 1. The van der Waals surface area contributed by atoms with E-state index >= 15 is 0 Å². The lowest BCUT2D eigenvalue weighted by atomic mass is 9.78. The van der Waals surface area contributed by atoms with Gasteiger partial charge in [0.15, 0.2) is 5.84 Å². The SMILES string of the molecule is CC(C)(C)c1cc(C2=NO[C@H](c3ccccc3)N2c2ccccc2)cc(C(C)(C)C)c1O. The first kappa shape index (κ1) is 21.9. The first-order valence-electron chi connectivity index (χ1n) is 11.1. The number of benzene rings is 3. The van der Waals surface area contributed by atoms with E-state index in [0.717, 1.165) is 33.8 Å². The van der Waals surface area contributed by atoms with Gasteiger partial charge >= 0.3 is 0 Å². The summed E-state index contributed by atoms with van der Waals surface area (Å²) in [4.78, 5) is 8.13. The molecule has 32 heavy (non-hydrogen) atoms. The number of amidine groups is 1. The van der Waals surface area contributed by atoms with E-state index < -0.39 is 0 Å². The van der Waals surface area contributed by atoms with E-state index in [2.05, 4.69) is 88.0 Å². The lowest BCUT2D eigenvalue weighted by Gasteiger charge is -2.30. The van der Waals surface area contributed by atoms with E-state index in [-0.39, 0.29) is 17.1 Å². The monoisotopic (exact) mass is 428 g/mol. The van der Waals surface area contributed by atoms with Gasteiger partial charge < -0.3 is 9.94 Å². The maximum Gasteiger partial charge on any atom is 0.231 e. The normalized spacial score (nSPS) is 16.6. The van der Waals surface area contributed by atoms with Crippen LogP contribution in [0.4, 0.5) is 5.69 Å². The van der Waals surface area contributed by atoms with E-state index in [1.54, 1.807) is 0 Å². The van der Waals surface area contributed by atoms with Gasteiger partial charge in [0, 0.05) is 27.9 Å². The van der Waals surface area contributed by atoms with Crippen LogP contribution in [-0.4, -0.2) is 10.9 Å². The van der Waals surface area contributed by atoms with Crippen LogP contribution in [-0.2, 0) is 15.7 Å². The zero-order valence-electron chi connectivity index (χ0n) is 19.8. The van der Waals surface area contributed by atoms with Gasteiger partial charge in [-0.15, -0.1) is 0 Å². The van der Waals surface area contributed by atoms with Crippen LogP contribution in [0.5, 0.6) is 5.75 Å². The number of nitrogens with zero attached hydrogens (tertiary/aromatic N) is 2. The molecule has 1 N–H and O–H groups in total. The standard InChI is InChI=1S/C28H32N2O2/c1-27(2,3)22-17-20(18-23(24(22)31)28(4,5)6)25-29-32-26(19-13-9-7-10-14-19)30(25)21-15-11-8-12-16-21/h7-18,26,31H,1-6H3/t26-/m1/s1. The predicted molar refractivity (Wildman–Crippen MR) is 131 cm³/mol. The number of hydrogen-bond donors (Lipinski definition) is 1. The lowest BCUT2D eigenvalue weighted by Crippen LogP contribution is -2.32. The summed E-state index contributed by atoms with van der Waals surface area (Å²) in [6.07, 6.45) is -0.362. The molecule has 1 heterocycles. The topological polar surface area (TPSA) is 45.1 Å². The Kier molecular flexibility index (Phi) is 5.49. The Morgan fingerprint density at radius 1 is 0.781 bits per heavy atom. The maximum atomic E-state index is 11.2. The van der Waals surface area contributed by atoms with Crippen LogP contribution in [0.15, 0.2) is 78.0 Å². The van der Waals surface area contributed by atoms with Crippen molar-refractivity contribution in [2.24, 2.45) is 5.16 Å². The summed E-state index contributed by atoms with van der Waals surface area (Å²) < 4.78 is 0. The van der Waals surface area contributed by atoms with E-state index in [4.69, 9.17) is 4.84 Å². The molecule has 3 aromatic carbocycles. The molecular weight excluding hydrogens is 396 g/mol. The fourth-order valence-corrected chi connectivity index (χ4v) is 4.07. The van der Waals surface area contributed by atoms with E-state index in [1.165, 1.54) is 0 Å². The second-order valence-electron chi connectivity index (χ2n) is 10.4. The molecule has 0 radical (unpaired) electrons. The molecule has 4 rings (SSSR count). The third kappa shape index (κ3) is 4.10. The Morgan fingerprint density at radius 3 is 1.78 bits per heavy atom. The van der Waals surface area contributed by atoms with Gasteiger partial charge in [0.1, 0.15) is 5.75 Å². The molecule has 3 aromatic rings. The highest BCUT2D eigenvalue weighted by Crippen LogP contribution is 2.42. The second-order valence-corrected chi connectivity index (χ2v) is 10.4. The molecule has 0 spiro atoms. The summed E-state index contributed by atoms with van der Waals surface area (Å²) in [5, 5.41) is 15.7. The molecule has 0 saturated carbocycles. The molecule has 4 heteroatoms. The highest BCUT2D eigenvalue weighted by molar-refractivity contribution is 6.11. The molecule has 1 aliphatic rings. The molecular formula is C28H32N2O2. The van der Waals surface area contributed by atoms with Crippen molar-refractivity contribution in [1.82, 2.24) is 0 Å². The number of anilines is 1. The smallest absolute Gasteiger partial charge is 0.231 e. The number of para-hydroxylation sites is 1. The van der Waals surface area contributed by atoms with Gasteiger partial charge in [-0.1, -0.05) is 95.2 Å². The van der Waals surface area contributed by atoms with Crippen molar-refractivity contribution in [3.63, 3.8) is 0 Å². The highest BCUT2D eigenvalue weighted by atomic mass is 16.7. The summed E-state index contributed by atoms with van der Waals surface area (Å²) in [7, 11) is 0. The van der Waals surface area contributed by atoms with E-state index in [1.807, 2.05) is 36.4 Å². The van der Waals surface area contributed by atoms with E-state index in [9.17, 15) is 5.11 Å². The molecule has 0 unspecified atom stereocenters. The summed E-state index contributed by atoms with van der Waals surface area (Å²) in [5.74, 6) is 1.10. The molecule has 0 fully saturated rings. The molecule has 0 amide bonds. The Bertz CT molecular complexity index is 1090. The number of phenols is 1. The predicted octanol–water partition coefficient (Wildman–Crippen LogP) is 6.88. The molecule has 1 aliphatic heterocycles. The number of oxime groups is 1. The Hall–Kier alpha value is -3.27. The Balaban J connectivity index is 1.90. The van der Waals surface area contributed by atoms with Crippen LogP contribution >= 0.6 is 0 Å². The van der Waals surface area contributed by atoms with Crippen LogP contribution in [0, 0.1) is 0 Å². The van der Waals surface area contributed by atoms with Crippen LogP contribution in [0.25, 0.3) is 0 Å². The number of hydrogen-bond acceptors (Lipinski definition) is 4. The molecule has 166 valence electrons. The first-order valence-corrected chi connectivity index (χ1v) is 11.1. The third-order valence-electron chi connectivity index (χ3n) is 5.80. The van der Waals surface area contributed by atoms with Crippen LogP contribution in [0.2, 0.25) is 0 Å². The van der Waals surface area contributed by atoms with Gasteiger partial charge in [-0.3, -0.25) is 4.90 Å². The summed E-state index contributed by atoms with van der Waals surface area (Å²) in [5.41, 5.74) is 4.31. The minimum absolute atomic E-state index is 0.226. The minimum atomic E-state index is -0.362. The Labute approximate surface area is 191 Å². The zero-order valence-corrected chi connectivity index (χ0v) is 19.8. The first-order chi connectivity index (χ1) is 15.1. The van der Waals surface area contributed by atoms with Crippen molar-refractivity contribution in [3.05, 3.63) is 95.1 Å². The van der Waals surface area contributed by atoms with Crippen molar-refractivity contribution in [3.8, 4) is 5.75 Å². The maximum absolute atomic E-state index is 11.2. The van der Waals surface area contributed by atoms with Gasteiger partial charge in [-0.05, 0) is 35.1 Å². The molecule has 0 aliphatic carbocycles. The minimum Gasteiger partial charge on any atom is -0.507 e. The van der Waals surface area contributed by atoms with Crippen LogP contribution < -0.4 is 4.90 Å². The molecule has 1 atom stereocenters. The number of rotatable bonds is 3. The molecule has 0 aromatic heterocycles. The van der Waals surface area contributed by atoms with Crippen LogP contribution in [0.3, 0.4) is 0 Å². The average molecular weight is 429 g/mol. The molecule has 4 nitrogen and oxygen atoms in total. The van der Waals surface area contributed by atoms with Gasteiger partial charge in [0.2, 0.25) is 6.23 Å². The van der Waals surface area contributed by atoms with Crippen molar-refractivity contribution >= 4 is 11.5 Å². The van der Waals surface area contributed by atoms with Gasteiger partial charge in [-0.25, -0.2) is 0 Å². The summed E-state index contributed by atoms with van der Waals surface area (Å²) >= 11 is 0. The zero-order chi connectivity index (χ0) is 23.1. The van der Waals surface area contributed by atoms with Gasteiger partial charge in [0.05, 0.1) is 0 Å². The average Bonchev–Trinajstić information content (AvgIpc) is 3.18. The number of phenolic OH excluding ortho intramolecular Hbond substituents is 1. The van der Waals surface area contributed by atoms with E-state index in [0.29, 0.717) is 5.75 Å². The van der Waals surface area contributed by atoms with Crippen molar-refractivity contribution in [2.75, 3.05) is 4.90 Å².